The summed E-state index contributed by atoms with van der Waals surface area (Å²) in [5.74, 6) is -0.809. The van der Waals surface area contributed by atoms with E-state index in [2.05, 4.69) is 0 Å². The van der Waals surface area contributed by atoms with Gasteiger partial charge in [-0.2, -0.15) is 0 Å². The number of rotatable bonds is 1. The van der Waals surface area contributed by atoms with Crippen molar-refractivity contribution in [2.75, 3.05) is 0 Å². The highest BCUT2D eigenvalue weighted by molar-refractivity contribution is 5.29. The molecule has 0 spiro atoms. The summed E-state index contributed by atoms with van der Waals surface area (Å²) in [5.41, 5.74) is 6.12. The van der Waals surface area contributed by atoms with Crippen LogP contribution in [0.25, 0.3) is 0 Å². The molecule has 3 heteroatoms. The molecule has 2 unspecified atom stereocenters. The average Bonchev–Trinajstić information content (AvgIpc) is 2.12. The maximum Gasteiger partial charge on any atom is 0.126 e. The third-order valence-electron chi connectivity index (χ3n) is 3.27. The molecule has 1 aliphatic rings. The summed E-state index contributed by atoms with van der Waals surface area (Å²) in [6, 6.07) is 3.54. The Morgan fingerprint density at radius 3 is 2.21 bits per heavy atom. The van der Waals surface area contributed by atoms with Crippen LogP contribution in [0, 0.1) is 17.6 Å². The van der Waals surface area contributed by atoms with Crippen LogP contribution in [0.3, 0.4) is 0 Å². The molecular weight excluding hydrogens is 184 g/mol. The molecule has 0 aliphatic heterocycles. The number of hydrogen-bond acceptors (Lipinski definition) is 1. The van der Waals surface area contributed by atoms with E-state index >= 15 is 0 Å². The number of nitrogens with two attached hydrogens (primary N) is 1. The van der Waals surface area contributed by atoms with E-state index in [0.29, 0.717) is 11.5 Å². The van der Waals surface area contributed by atoms with Gasteiger partial charge in [0.2, 0.25) is 0 Å². The lowest BCUT2D eigenvalue weighted by molar-refractivity contribution is 0.144. The van der Waals surface area contributed by atoms with E-state index in [0.717, 1.165) is 18.9 Å². The van der Waals surface area contributed by atoms with Crippen molar-refractivity contribution in [1.29, 1.82) is 0 Å². The van der Waals surface area contributed by atoms with Gasteiger partial charge in [-0.3, -0.25) is 0 Å². The quantitative estimate of drug-likeness (QED) is 0.735. The molecule has 0 bridgehead atoms. The van der Waals surface area contributed by atoms with Gasteiger partial charge >= 0.3 is 0 Å². The first-order valence-electron chi connectivity index (χ1n) is 4.78. The third-order valence-corrected chi connectivity index (χ3v) is 3.27. The molecule has 0 saturated heterocycles. The van der Waals surface area contributed by atoms with Gasteiger partial charge in [-0.15, -0.1) is 0 Å². The Labute approximate surface area is 81.9 Å². The van der Waals surface area contributed by atoms with Crippen molar-refractivity contribution < 1.29 is 8.78 Å². The minimum Gasteiger partial charge on any atom is -0.321 e. The lowest BCUT2D eigenvalue weighted by atomic mass is 9.64. The molecule has 0 amide bonds. The molecule has 76 valence electrons. The van der Waals surface area contributed by atoms with Crippen LogP contribution >= 0.6 is 0 Å². The predicted molar refractivity (Wildman–Crippen MR) is 50.6 cm³/mol. The fourth-order valence-electron chi connectivity index (χ4n) is 2.00. The molecule has 1 saturated carbocycles. The smallest absolute Gasteiger partial charge is 0.126 e. The largest absolute Gasteiger partial charge is 0.321 e. The maximum atomic E-state index is 13.0. The SMILES string of the molecule is CC1CCC1(N)c1cc(F)cc(F)c1. The van der Waals surface area contributed by atoms with Gasteiger partial charge in [0.25, 0.3) is 0 Å². The van der Waals surface area contributed by atoms with E-state index in [4.69, 9.17) is 5.73 Å². The Kier molecular flexibility index (Phi) is 2.07. The van der Waals surface area contributed by atoms with Gasteiger partial charge in [-0.25, -0.2) is 8.78 Å². The zero-order chi connectivity index (χ0) is 10.3. The first-order valence-corrected chi connectivity index (χ1v) is 4.78. The fraction of sp³-hybridized carbons (Fsp3) is 0.455. The highest BCUT2D eigenvalue weighted by atomic mass is 19.1. The van der Waals surface area contributed by atoms with E-state index in [-0.39, 0.29) is 0 Å². The molecule has 1 nitrogen and oxygen atoms in total. The first kappa shape index (κ1) is 9.59. The van der Waals surface area contributed by atoms with Gasteiger partial charge in [0.15, 0.2) is 0 Å². The molecule has 2 N–H and O–H groups in total. The highest BCUT2D eigenvalue weighted by Crippen LogP contribution is 2.44. The van der Waals surface area contributed by atoms with Crippen LogP contribution in [0.4, 0.5) is 8.78 Å². The summed E-state index contributed by atoms with van der Waals surface area (Å²) in [4.78, 5) is 0. The van der Waals surface area contributed by atoms with Gasteiger partial charge in [0.1, 0.15) is 11.6 Å². The van der Waals surface area contributed by atoms with Crippen LogP contribution in [-0.4, -0.2) is 0 Å². The Balaban J connectivity index is 2.41. The van der Waals surface area contributed by atoms with Crippen molar-refractivity contribution in [2.24, 2.45) is 11.7 Å². The van der Waals surface area contributed by atoms with Gasteiger partial charge in [-0.1, -0.05) is 6.92 Å². The minimum atomic E-state index is -0.552. The second-order valence-corrected chi connectivity index (χ2v) is 4.14. The molecule has 1 fully saturated rings. The normalized spacial score (nSPS) is 31.3. The zero-order valence-corrected chi connectivity index (χ0v) is 8.06. The number of halogens is 2. The topological polar surface area (TPSA) is 26.0 Å². The fourth-order valence-corrected chi connectivity index (χ4v) is 2.00. The Morgan fingerprint density at radius 1 is 1.29 bits per heavy atom. The van der Waals surface area contributed by atoms with Gasteiger partial charge in [0.05, 0.1) is 0 Å². The second kappa shape index (κ2) is 3.02. The predicted octanol–water partition coefficient (Wildman–Crippen LogP) is 2.55. The molecular formula is C11H13F2N. The van der Waals surface area contributed by atoms with Crippen molar-refractivity contribution in [3.05, 3.63) is 35.4 Å². The molecule has 14 heavy (non-hydrogen) atoms. The Hall–Kier alpha value is -0.960. The van der Waals surface area contributed by atoms with Gasteiger partial charge in [-0.05, 0) is 36.5 Å². The maximum absolute atomic E-state index is 13.0. The van der Waals surface area contributed by atoms with Crippen molar-refractivity contribution >= 4 is 0 Å². The van der Waals surface area contributed by atoms with E-state index < -0.39 is 17.2 Å². The van der Waals surface area contributed by atoms with Crippen LogP contribution in [0.5, 0.6) is 0 Å². The molecule has 1 aromatic carbocycles. The summed E-state index contributed by atoms with van der Waals surface area (Å²) < 4.78 is 25.9. The van der Waals surface area contributed by atoms with Crippen LogP contribution in [0.2, 0.25) is 0 Å². The van der Waals surface area contributed by atoms with E-state index in [9.17, 15) is 8.78 Å². The highest BCUT2D eigenvalue weighted by Gasteiger charge is 2.42. The monoisotopic (exact) mass is 197 g/mol. The number of hydrogen-bond donors (Lipinski definition) is 1. The molecule has 0 heterocycles. The van der Waals surface area contributed by atoms with Crippen LogP contribution in [-0.2, 0) is 5.54 Å². The molecule has 1 aromatic rings. The molecule has 1 aliphatic carbocycles. The lowest BCUT2D eigenvalue weighted by Crippen LogP contribution is -2.50. The van der Waals surface area contributed by atoms with Gasteiger partial charge < -0.3 is 5.73 Å². The molecule has 2 rings (SSSR count). The standard InChI is InChI=1S/C11H13F2N/c1-7-2-3-11(7,14)8-4-9(12)6-10(13)5-8/h4-7H,2-3,14H2,1H3. The van der Waals surface area contributed by atoms with Crippen LogP contribution in [0.15, 0.2) is 18.2 Å². The molecule has 0 aromatic heterocycles. The average molecular weight is 197 g/mol. The van der Waals surface area contributed by atoms with Crippen LogP contribution in [0.1, 0.15) is 25.3 Å². The first-order chi connectivity index (χ1) is 6.52. The van der Waals surface area contributed by atoms with E-state index in [1.54, 1.807) is 0 Å². The minimum absolute atomic E-state index is 0.295. The van der Waals surface area contributed by atoms with E-state index in [1.807, 2.05) is 6.92 Å². The van der Waals surface area contributed by atoms with Gasteiger partial charge in [0, 0.05) is 11.6 Å². The van der Waals surface area contributed by atoms with Crippen molar-refractivity contribution in [3.63, 3.8) is 0 Å². The number of benzene rings is 1. The van der Waals surface area contributed by atoms with E-state index in [1.165, 1.54) is 12.1 Å². The van der Waals surface area contributed by atoms with Crippen molar-refractivity contribution in [2.45, 2.75) is 25.3 Å². The lowest BCUT2D eigenvalue weighted by Gasteiger charge is -2.45. The second-order valence-electron chi connectivity index (χ2n) is 4.14. The summed E-state index contributed by atoms with van der Waals surface area (Å²) in [6.45, 7) is 2.01. The Bertz CT molecular complexity index is 344. The Morgan fingerprint density at radius 2 is 1.86 bits per heavy atom. The third kappa shape index (κ3) is 1.32. The summed E-state index contributed by atoms with van der Waals surface area (Å²) >= 11 is 0. The van der Waals surface area contributed by atoms with Crippen molar-refractivity contribution in [1.82, 2.24) is 0 Å². The summed E-state index contributed by atoms with van der Waals surface area (Å²) in [6.07, 6.45) is 1.83. The van der Waals surface area contributed by atoms with Crippen molar-refractivity contribution in [3.8, 4) is 0 Å². The molecule has 2 atom stereocenters. The molecule has 0 radical (unpaired) electrons. The summed E-state index contributed by atoms with van der Waals surface area (Å²) in [7, 11) is 0. The van der Waals surface area contributed by atoms with Crippen LogP contribution < -0.4 is 5.73 Å². The summed E-state index contributed by atoms with van der Waals surface area (Å²) in [5, 5.41) is 0. The zero-order valence-electron chi connectivity index (χ0n) is 8.06.